The van der Waals surface area contributed by atoms with Gasteiger partial charge in [-0.2, -0.15) is 5.26 Å². The molecule has 6 heteroatoms. The third-order valence-corrected chi connectivity index (χ3v) is 6.60. The molecule has 5 rings (SSSR count). The number of fused-ring (bicyclic) bond motifs is 2. The summed E-state index contributed by atoms with van der Waals surface area (Å²) in [6.45, 7) is 0. The van der Waals surface area contributed by atoms with Crippen LogP contribution in [0.25, 0.3) is 10.8 Å². The Morgan fingerprint density at radius 2 is 1.79 bits per heavy atom. The van der Waals surface area contributed by atoms with Gasteiger partial charge in [0.15, 0.2) is 0 Å². The summed E-state index contributed by atoms with van der Waals surface area (Å²) < 4.78 is 11.5. The number of nitriles is 1. The molecular formula is C28H20N2O3S. The van der Waals surface area contributed by atoms with Crippen molar-refractivity contribution in [3.63, 3.8) is 0 Å². The van der Waals surface area contributed by atoms with Crippen molar-refractivity contribution in [1.82, 2.24) is 0 Å². The number of carbonyl (C=O) groups is 1. The van der Waals surface area contributed by atoms with Crippen molar-refractivity contribution >= 4 is 28.5 Å². The Hall–Kier alpha value is -4.21. The Bertz CT molecular complexity index is 1480. The first-order chi connectivity index (χ1) is 16.6. The monoisotopic (exact) mass is 464 g/mol. The normalized spacial score (nSPS) is 14.8. The lowest BCUT2D eigenvalue weighted by molar-refractivity contribution is 0.0736. The van der Waals surface area contributed by atoms with Crippen LogP contribution < -0.4 is 15.2 Å². The van der Waals surface area contributed by atoms with E-state index >= 15 is 0 Å². The van der Waals surface area contributed by atoms with Crippen molar-refractivity contribution in [2.75, 3.05) is 6.26 Å². The Morgan fingerprint density at radius 3 is 2.56 bits per heavy atom. The van der Waals surface area contributed by atoms with E-state index in [0.717, 1.165) is 26.8 Å². The van der Waals surface area contributed by atoms with Crippen LogP contribution in [-0.2, 0) is 0 Å². The average Bonchev–Trinajstić information content (AvgIpc) is 2.87. The van der Waals surface area contributed by atoms with E-state index in [4.69, 9.17) is 15.2 Å². The second-order valence-electron chi connectivity index (χ2n) is 7.81. The predicted octanol–water partition coefficient (Wildman–Crippen LogP) is 6.00. The molecule has 0 radical (unpaired) electrons. The van der Waals surface area contributed by atoms with E-state index in [1.165, 1.54) is 0 Å². The van der Waals surface area contributed by atoms with Gasteiger partial charge < -0.3 is 15.2 Å². The highest BCUT2D eigenvalue weighted by Crippen LogP contribution is 2.43. The topological polar surface area (TPSA) is 85.3 Å². The summed E-state index contributed by atoms with van der Waals surface area (Å²) in [5.41, 5.74) is 8.67. The van der Waals surface area contributed by atoms with Crippen molar-refractivity contribution in [3.8, 4) is 17.6 Å². The maximum atomic E-state index is 13.0. The van der Waals surface area contributed by atoms with Crippen LogP contribution in [0.5, 0.6) is 11.5 Å². The Balaban J connectivity index is 1.49. The Morgan fingerprint density at radius 1 is 1.03 bits per heavy atom. The summed E-state index contributed by atoms with van der Waals surface area (Å²) in [7, 11) is 0. The third kappa shape index (κ3) is 3.87. The first-order valence-electron chi connectivity index (χ1n) is 10.6. The maximum Gasteiger partial charge on any atom is 0.344 e. The van der Waals surface area contributed by atoms with E-state index < -0.39 is 5.97 Å². The van der Waals surface area contributed by atoms with E-state index in [0.29, 0.717) is 22.6 Å². The molecule has 0 amide bonds. The minimum Gasteiger partial charge on any atom is -0.440 e. The van der Waals surface area contributed by atoms with E-state index in [1.54, 1.807) is 30.0 Å². The fraction of sp³-hybridized carbons (Fsp3) is 0.0714. The second kappa shape index (κ2) is 8.97. The highest BCUT2D eigenvalue weighted by Gasteiger charge is 2.31. The number of ether oxygens (including phenoxy) is 2. The van der Waals surface area contributed by atoms with Gasteiger partial charge in [0.2, 0.25) is 5.88 Å². The number of esters is 1. The molecule has 1 aliphatic heterocycles. The summed E-state index contributed by atoms with van der Waals surface area (Å²) in [6.07, 6.45) is 2.01. The maximum absolute atomic E-state index is 13.0. The van der Waals surface area contributed by atoms with Crippen molar-refractivity contribution in [2.45, 2.75) is 10.8 Å². The molecule has 4 aromatic rings. The lowest BCUT2D eigenvalue weighted by Gasteiger charge is -2.26. The number of nitrogens with zero attached hydrogens (tertiary/aromatic N) is 1. The van der Waals surface area contributed by atoms with Gasteiger partial charge in [-0.05, 0) is 46.9 Å². The molecule has 166 valence electrons. The molecule has 2 N–H and O–H groups in total. The minimum absolute atomic E-state index is 0.0477. The molecule has 1 heterocycles. The lowest BCUT2D eigenvalue weighted by atomic mass is 9.83. The van der Waals surface area contributed by atoms with Crippen molar-refractivity contribution < 1.29 is 14.3 Å². The van der Waals surface area contributed by atoms with E-state index in [2.05, 4.69) is 6.07 Å². The van der Waals surface area contributed by atoms with Gasteiger partial charge in [-0.1, -0.05) is 54.6 Å². The molecule has 0 aliphatic carbocycles. The molecule has 0 aromatic heterocycles. The van der Waals surface area contributed by atoms with Crippen LogP contribution in [0, 0.1) is 11.3 Å². The lowest BCUT2D eigenvalue weighted by Crippen LogP contribution is -2.21. The summed E-state index contributed by atoms with van der Waals surface area (Å²) in [6, 6.07) is 28.6. The third-order valence-electron chi connectivity index (χ3n) is 5.86. The molecule has 1 atom stereocenters. The quantitative estimate of drug-likeness (QED) is 0.227. The van der Waals surface area contributed by atoms with Gasteiger partial charge in [0, 0.05) is 16.5 Å². The van der Waals surface area contributed by atoms with Crippen LogP contribution in [0.2, 0.25) is 0 Å². The van der Waals surface area contributed by atoms with Gasteiger partial charge in [0.1, 0.15) is 23.1 Å². The highest BCUT2D eigenvalue weighted by molar-refractivity contribution is 7.98. The second-order valence-corrected chi connectivity index (χ2v) is 8.69. The SMILES string of the molecule is CSc1ccc([C@H]2C(C#N)=C(N)Oc3cc(OC(=O)c4cccc5ccccc45)ccc32)cc1. The number of thioether (sulfide) groups is 1. The molecule has 4 aromatic carbocycles. The number of carbonyl (C=O) groups excluding carboxylic acids is 1. The van der Waals surface area contributed by atoms with Gasteiger partial charge >= 0.3 is 5.97 Å². The fourth-order valence-corrected chi connectivity index (χ4v) is 4.61. The summed E-state index contributed by atoms with van der Waals surface area (Å²) >= 11 is 1.65. The van der Waals surface area contributed by atoms with Gasteiger partial charge in [-0.3, -0.25) is 0 Å². The van der Waals surface area contributed by atoms with Crippen molar-refractivity contribution in [2.24, 2.45) is 5.73 Å². The van der Waals surface area contributed by atoms with E-state index in [-0.39, 0.29) is 11.8 Å². The van der Waals surface area contributed by atoms with Gasteiger partial charge in [0.05, 0.1) is 11.5 Å². The molecule has 1 aliphatic rings. The molecule has 0 unspecified atom stereocenters. The summed E-state index contributed by atoms with van der Waals surface area (Å²) in [5.74, 6) is 0.0111. The first kappa shape index (κ1) is 21.6. The number of rotatable bonds is 4. The molecular weight excluding hydrogens is 444 g/mol. The van der Waals surface area contributed by atoms with E-state index in [9.17, 15) is 10.1 Å². The van der Waals surface area contributed by atoms with Gasteiger partial charge in [0.25, 0.3) is 0 Å². The number of nitrogens with two attached hydrogens (primary N) is 1. The average molecular weight is 465 g/mol. The molecule has 0 spiro atoms. The van der Waals surface area contributed by atoms with Crippen LogP contribution in [0.4, 0.5) is 0 Å². The van der Waals surface area contributed by atoms with Crippen LogP contribution >= 0.6 is 11.8 Å². The molecule has 0 fully saturated rings. The largest absolute Gasteiger partial charge is 0.440 e. The zero-order valence-electron chi connectivity index (χ0n) is 18.3. The van der Waals surface area contributed by atoms with Gasteiger partial charge in [-0.15, -0.1) is 11.8 Å². The van der Waals surface area contributed by atoms with Crippen LogP contribution in [0.15, 0.2) is 101 Å². The highest BCUT2D eigenvalue weighted by atomic mass is 32.2. The Labute approximate surface area is 201 Å². The molecule has 0 saturated heterocycles. The smallest absolute Gasteiger partial charge is 0.344 e. The van der Waals surface area contributed by atoms with E-state index in [1.807, 2.05) is 73.0 Å². The first-order valence-corrected chi connectivity index (χ1v) is 11.9. The molecule has 34 heavy (non-hydrogen) atoms. The number of hydrogen-bond donors (Lipinski definition) is 1. The molecule has 0 saturated carbocycles. The number of allylic oxidation sites excluding steroid dienone is 1. The van der Waals surface area contributed by atoms with Crippen LogP contribution in [0.1, 0.15) is 27.4 Å². The van der Waals surface area contributed by atoms with Crippen molar-refractivity contribution in [1.29, 1.82) is 5.26 Å². The standard InChI is InChI=1S/C28H20N2O3S/c1-34-20-12-9-18(10-13-20)26-23-14-11-19(15-25(23)33-27(30)24(26)16-29)32-28(31)22-8-4-6-17-5-2-3-7-21(17)22/h2-15,26H,30H2,1H3/t26-/m1/s1. The fourth-order valence-electron chi connectivity index (χ4n) is 4.20. The Kier molecular flexibility index (Phi) is 5.70. The zero-order chi connectivity index (χ0) is 23.7. The summed E-state index contributed by atoms with van der Waals surface area (Å²) in [4.78, 5) is 14.1. The van der Waals surface area contributed by atoms with Gasteiger partial charge in [-0.25, -0.2) is 4.79 Å². The van der Waals surface area contributed by atoms with Crippen LogP contribution in [-0.4, -0.2) is 12.2 Å². The predicted molar refractivity (Wildman–Crippen MR) is 133 cm³/mol. The molecule has 0 bridgehead atoms. The minimum atomic E-state index is -0.460. The van der Waals surface area contributed by atoms with Crippen LogP contribution in [0.3, 0.4) is 0 Å². The number of hydrogen-bond acceptors (Lipinski definition) is 6. The number of benzene rings is 4. The molecule has 5 nitrogen and oxygen atoms in total. The van der Waals surface area contributed by atoms with Crippen molar-refractivity contribution in [3.05, 3.63) is 113 Å². The summed E-state index contributed by atoms with van der Waals surface area (Å²) in [5, 5.41) is 11.5. The zero-order valence-corrected chi connectivity index (χ0v) is 19.1.